The summed E-state index contributed by atoms with van der Waals surface area (Å²) < 4.78 is 0. The van der Waals surface area contributed by atoms with Gasteiger partial charge in [-0.05, 0) is 42.2 Å². The first kappa shape index (κ1) is 20.2. The van der Waals surface area contributed by atoms with E-state index in [1.807, 2.05) is 6.92 Å². The number of hydrazine groups is 1. The van der Waals surface area contributed by atoms with Crippen molar-refractivity contribution in [1.82, 2.24) is 15.8 Å². The highest BCUT2D eigenvalue weighted by molar-refractivity contribution is 6.31. The zero-order valence-corrected chi connectivity index (χ0v) is 17.3. The first-order valence-corrected chi connectivity index (χ1v) is 10.3. The van der Waals surface area contributed by atoms with Gasteiger partial charge in [0, 0.05) is 23.0 Å². The van der Waals surface area contributed by atoms with Crippen LogP contribution >= 0.6 is 11.6 Å². The van der Waals surface area contributed by atoms with Gasteiger partial charge in [0.2, 0.25) is 5.91 Å². The van der Waals surface area contributed by atoms with E-state index in [9.17, 15) is 15.0 Å². The van der Waals surface area contributed by atoms with Crippen LogP contribution in [-0.2, 0) is 11.2 Å². The topological polar surface area (TPSA) is 84.8 Å². The van der Waals surface area contributed by atoms with Crippen molar-refractivity contribution < 1.29 is 15.0 Å². The largest absolute Gasteiger partial charge is 0.508 e. The number of fused-ring (bicyclic) bond motifs is 1. The van der Waals surface area contributed by atoms with Crippen LogP contribution in [0.3, 0.4) is 0 Å². The van der Waals surface area contributed by atoms with Gasteiger partial charge < -0.3 is 15.1 Å². The molecule has 0 saturated carbocycles. The van der Waals surface area contributed by atoms with Gasteiger partial charge in [-0.3, -0.25) is 4.79 Å². The van der Waals surface area contributed by atoms with Crippen LogP contribution in [0.1, 0.15) is 41.3 Å². The lowest BCUT2D eigenvalue weighted by Gasteiger charge is -2.31. The molecule has 29 heavy (non-hydrogen) atoms. The Hall–Kier alpha value is -2.12. The molecule has 154 valence electrons. The van der Waals surface area contributed by atoms with E-state index in [-0.39, 0.29) is 42.8 Å². The second-order valence-electron chi connectivity index (χ2n) is 7.78. The number of aromatic hydroxyl groups is 1. The fourth-order valence-electron chi connectivity index (χ4n) is 4.60. The Balaban J connectivity index is 1.78. The van der Waals surface area contributed by atoms with Crippen molar-refractivity contribution in [2.75, 3.05) is 13.2 Å². The molecule has 2 aliphatic heterocycles. The number of carbonyl (C=O) groups is 1. The van der Waals surface area contributed by atoms with Gasteiger partial charge in [-0.1, -0.05) is 42.8 Å². The summed E-state index contributed by atoms with van der Waals surface area (Å²) in [6.07, 6.45) is 0.942. The number of aliphatic hydroxyl groups excluding tert-OH is 1. The van der Waals surface area contributed by atoms with E-state index in [0.717, 1.165) is 17.5 Å². The number of benzene rings is 2. The van der Waals surface area contributed by atoms with Crippen LogP contribution in [0.2, 0.25) is 5.02 Å². The summed E-state index contributed by atoms with van der Waals surface area (Å²) in [7, 11) is 0. The number of hydrogen-bond donors (Lipinski definition) is 4. The third-order valence-corrected chi connectivity index (χ3v) is 6.53. The molecular weight excluding hydrogens is 390 g/mol. The second-order valence-corrected chi connectivity index (χ2v) is 8.18. The van der Waals surface area contributed by atoms with Crippen LogP contribution in [-0.4, -0.2) is 40.2 Å². The van der Waals surface area contributed by atoms with Gasteiger partial charge in [-0.2, -0.15) is 0 Å². The number of rotatable bonds is 5. The van der Waals surface area contributed by atoms with Crippen LogP contribution in [0.5, 0.6) is 5.75 Å². The Labute approximate surface area is 175 Å². The van der Waals surface area contributed by atoms with Crippen molar-refractivity contribution in [2.45, 2.75) is 38.4 Å². The number of carbonyl (C=O) groups excluding carboxylic acids is 1. The van der Waals surface area contributed by atoms with Gasteiger partial charge in [0.05, 0.1) is 18.7 Å². The minimum atomic E-state index is -0.443. The molecule has 2 aromatic rings. The maximum atomic E-state index is 13.1. The predicted molar refractivity (Wildman–Crippen MR) is 112 cm³/mol. The molecule has 0 radical (unpaired) electrons. The van der Waals surface area contributed by atoms with Crippen molar-refractivity contribution in [1.29, 1.82) is 0 Å². The fourth-order valence-corrected chi connectivity index (χ4v) is 4.78. The van der Waals surface area contributed by atoms with Crippen LogP contribution in [0.25, 0.3) is 0 Å². The smallest absolute Gasteiger partial charge is 0.242 e. The number of hydrogen-bond acceptors (Lipinski definition) is 5. The normalized spacial score (nSPS) is 26.2. The fraction of sp³-hybridized carbons (Fsp3) is 0.409. The number of amides is 1. The van der Waals surface area contributed by atoms with Gasteiger partial charge >= 0.3 is 0 Å². The molecule has 0 bridgehead atoms. The van der Waals surface area contributed by atoms with Gasteiger partial charge in [-0.15, -0.1) is 0 Å². The van der Waals surface area contributed by atoms with Crippen LogP contribution in [0.15, 0.2) is 36.4 Å². The highest BCUT2D eigenvalue weighted by Crippen LogP contribution is 2.49. The first-order chi connectivity index (χ1) is 14.0. The summed E-state index contributed by atoms with van der Waals surface area (Å²) in [5, 5.41) is 20.7. The summed E-state index contributed by atoms with van der Waals surface area (Å²) in [5.41, 5.74) is 10.0. The number of likely N-dealkylation sites (tertiary alicyclic amines) is 1. The Morgan fingerprint density at radius 1 is 1.14 bits per heavy atom. The number of phenolic OH excluding ortho intramolecular Hbond substituents is 1. The van der Waals surface area contributed by atoms with Crippen molar-refractivity contribution in [3.05, 3.63) is 63.7 Å². The van der Waals surface area contributed by atoms with E-state index in [0.29, 0.717) is 10.6 Å². The van der Waals surface area contributed by atoms with Crippen molar-refractivity contribution in [3.8, 4) is 5.75 Å². The van der Waals surface area contributed by atoms with E-state index >= 15 is 0 Å². The summed E-state index contributed by atoms with van der Waals surface area (Å²) in [6, 6.07) is 10.7. The maximum Gasteiger partial charge on any atom is 0.242 e. The molecule has 2 aliphatic rings. The third-order valence-electron chi connectivity index (χ3n) is 6.13. The lowest BCUT2D eigenvalue weighted by atomic mass is 9.82. The number of nitrogens with one attached hydrogen (secondary N) is 2. The van der Waals surface area contributed by atoms with Crippen molar-refractivity contribution >= 4 is 17.5 Å². The summed E-state index contributed by atoms with van der Waals surface area (Å²) in [5.74, 6) is -0.0625. The average molecular weight is 416 g/mol. The van der Waals surface area contributed by atoms with Crippen LogP contribution in [0.4, 0.5) is 0 Å². The van der Waals surface area contributed by atoms with Crippen LogP contribution in [0, 0.1) is 12.8 Å². The summed E-state index contributed by atoms with van der Waals surface area (Å²) in [4.78, 5) is 14.8. The average Bonchev–Trinajstić information content (AvgIpc) is 3.25. The molecule has 7 heteroatoms. The predicted octanol–water partition coefficient (Wildman–Crippen LogP) is 2.63. The number of halogens is 1. The molecule has 6 nitrogen and oxygen atoms in total. The zero-order chi connectivity index (χ0) is 20.7. The van der Waals surface area contributed by atoms with E-state index in [1.54, 1.807) is 17.0 Å². The van der Waals surface area contributed by atoms with Crippen LogP contribution < -0.4 is 10.9 Å². The highest BCUT2D eigenvalue weighted by atomic mass is 35.5. The van der Waals surface area contributed by atoms with E-state index in [1.165, 1.54) is 5.56 Å². The maximum absolute atomic E-state index is 13.1. The minimum absolute atomic E-state index is 0.0543. The van der Waals surface area contributed by atoms with Crippen molar-refractivity contribution in [3.63, 3.8) is 0 Å². The molecule has 4 atom stereocenters. The standard InChI is InChI=1S/C22H26ClN3O3/c1-3-13-4-6-14(7-5-13)21-18-19(15-11-16(23)12(2)10-17(15)28)24-25-20(18)22(29)26(21)8-9-27/h4-7,10-11,18-21,24-25,27-28H,3,8-9H2,1-2H3. The van der Waals surface area contributed by atoms with Gasteiger partial charge in [-0.25, -0.2) is 10.9 Å². The monoisotopic (exact) mass is 415 g/mol. The molecule has 2 heterocycles. The Morgan fingerprint density at radius 2 is 1.83 bits per heavy atom. The lowest BCUT2D eigenvalue weighted by Crippen LogP contribution is -2.42. The molecule has 2 aromatic carbocycles. The van der Waals surface area contributed by atoms with E-state index < -0.39 is 6.04 Å². The molecule has 4 N–H and O–H groups in total. The number of aryl methyl sites for hydroxylation is 2. The molecule has 2 saturated heterocycles. The molecule has 0 aromatic heterocycles. The zero-order valence-electron chi connectivity index (χ0n) is 16.5. The quantitative estimate of drug-likeness (QED) is 0.603. The molecule has 1 amide bonds. The second kappa shape index (κ2) is 7.95. The van der Waals surface area contributed by atoms with E-state index in [2.05, 4.69) is 42.0 Å². The first-order valence-electron chi connectivity index (χ1n) is 9.96. The summed E-state index contributed by atoms with van der Waals surface area (Å²) >= 11 is 6.33. The number of phenols is 1. The van der Waals surface area contributed by atoms with Gasteiger partial charge in [0.15, 0.2) is 0 Å². The minimum Gasteiger partial charge on any atom is -0.508 e. The molecule has 2 fully saturated rings. The molecule has 0 spiro atoms. The molecular formula is C22H26ClN3O3. The van der Waals surface area contributed by atoms with Gasteiger partial charge in [0.1, 0.15) is 11.8 Å². The van der Waals surface area contributed by atoms with Gasteiger partial charge in [0.25, 0.3) is 0 Å². The molecule has 4 unspecified atom stereocenters. The molecule has 4 rings (SSSR count). The van der Waals surface area contributed by atoms with Crippen molar-refractivity contribution in [2.24, 2.45) is 5.92 Å². The number of nitrogens with zero attached hydrogens (tertiary/aromatic N) is 1. The highest BCUT2D eigenvalue weighted by Gasteiger charge is 2.55. The Kier molecular flexibility index (Phi) is 5.53. The Bertz CT molecular complexity index is 918. The lowest BCUT2D eigenvalue weighted by molar-refractivity contribution is -0.131. The third kappa shape index (κ3) is 3.40. The SMILES string of the molecule is CCc1ccc(C2C3C(NNC3c3cc(Cl)c(C)cc3O)C(=O)N2CCO)cc1. The number of aliphatic hydroxyl groups is 1. The number of β-amino-alcohol motifs (C(OH)–C–C–N with tert-alkyl or cyclic N) is 1. The Morgan fingerprint density at radius 3 is 2.48 bits per heavy atom. The summed E-state index contributed by atoms with van der Waals surface area (Å²) in [6.45, 7) is 4.11. The molecule has 0 aliphatic carbocycles. The van der Waals surface area contributed by atoms with E-state index in [4.69, 9.17) is 11.6 Å².